The Morgan fingerprint density at radius 1 is 1.24 bits per heavy atom. The lowest BCUT2D eigenvalue weighted by Gasteiger charge is -2.17. The third kappa shape index (κ3) is 4.36. The van der Waals surface area contributed by atoms with Crippen molar-refractivity contribution in [3.05, 3.63) is 17.7 Å². The quantitative estimate of drug-likeness (QED) is 0.653. The number of methoxy groups -OCH3 is 1. The molecule has 21 heavy (non-hydrogen) atoms. The lowest BCUT2D eigenvalue weighted by Crippen LogP contribution is -2.20. The first-order chi connectivity index (χ1) is 10.2. The van der Waals surface area contributed by atoms with Gasteiger partial charge in [-0.3, -0.25) is 4.79 Å². The molecule has 0 radical (unpaired) electrons. The van der Waals surface area contributed by atoms with E-state index in [4.69, 9.17) is 14.2 Å². The molecule has 0 heterocycles. The maximum absolute atomic E-state index is 11.2. The van der Waals surface area contributed by atoms with E-state index >= 15 is 0 Å². The Bertz CT molecular complexity index is 483. The lowest BCUT2D eigenvalue weighted by atomic mass is 10.2. The van der Waals surface area contributed by atoms with Gasteiger partial charge in [-0.05, 0) is 45.0 Å². The number of ether oxygens (including phenoxy) is 3. The molecule has 1 aromatic carbocycles. The zero-order chi connectivity index (χ0) is 15.2. The summed E-state index contributed by atoms with van der Waals surface area (Å²) >= 11 is 0. The van der Waals surface area contributed by atoms with Crippen LogP contribution in [0, 0.1) is 5.92 Å². The van der Waals surface area contributed by atoms with Gasteiger partial charge in [-0.1, -0.05) is 0 Å². The molecule has 1 aliphatic rings. The molecule has 5 nitrogen and oxygen atoms in total. The number of carbonyl (C=O) groups excluding carboxylic acids is 1. The van der Waals surface area contributed by atoms with Crippen LogP contribution < -0.4 is 14.2 Å². The summed E-state index contributed by atoms with van der Waals surface area (Å²) in [4.78, 5) is 13.2. The Labute approximate surface area is 125 Å². The molecule has 5 heteroatoms. The van der Waals surface area contributed by atoms with Gasteiger partial charge < -0.3 is 19.1 Å². The minimum absolute atomic E-state index is 0.461. The van der Waals surface area contributed by atoms with Crippen LogP contribution in [0.4, 0.5) is 0 Å². The Kier molecular flexibility index (Phi) is 5.44. The molecule has 0 bridgehead atoms. The Balaban J connectivity index is 2.15. The summed E-state index contributed by atoms with van der Waals surface area (Å²) in [6.45, 7) is 1.93. The van der Waals surface area contributed by atoms with E-state index in [1.165, 1.54) is 12.8 Å². The predicted molar refractivity (Wildman–Crippen MR) is 80.6 cm³/mol. The molecule has 0 unspecified atom stereocenters. The topological polar surface area (TPSA) is 48.0 Å². The third-order valence-corrected chi connectivity index (χ3v) is 3.39. The minimum Gasteiger partial charge on any atom is -0.490 e. The number of benzene rings is 1. The number of aldehydes is 1. The Hall–Kier alpha value is -1.75. The van der Waals surface area contributed by atoms with Crippen molar-refractivity contribution >= 4 is 6.29 Å². The van der Waals surface area contributed by atoms with E-state index in [1.54, 1.807) is 19.2 Å². The molecule has 2 rings (SSSR count). The zero-order valence-electron chi connectivity index (χ0n) is 12.9. The van der Waals surface area contributed by atoms with E-state index < -0.39 is 0 Å². The zero-order valence-corrected chi connectivity index (χ0v) is 12.9. The summed E-state index contributed by atoms with van der Waals surface area (Å²) in [5, 5.41) is 0. The van der Waals surface area contributed by atoms with Crippen LogP contribution in [0.25, 0.3) is 0 Å². The minimum atomic E-state index is 0.461. The molecule has 1 aliphatic carbocycles. The first-order valence-electron chi connectivity index (χ1n) is 7.22. The van der Waals surface area contributed by atoms with E-state index in [0.29, 0.717) is 41.9 Å². The molecule has 0 spiro atoms. The molecule has 0 aromatic heterocycles. The number of hydrogen-bond acceptors (Lipinski definition) is 5. The van der Waals surface area contributed by atoms with E-state index in [-0.39, 0.29) is 0 Å². The van der Waals surface area contributed by atoms with Crippen LogP contribution in [0.5, 0.6) is 17.2 Å². The lowest BCUT2D eigenvalue weighted by molar-refractivity contribution is 0.111. The van der Waals surface area contributed by atoms with Gasteiger partial charge in [0.25, 0.3) is 0 Å². The maximum Gasteiger partial charge on any atom is 0.204 e. The summed E-state index contributed by atoms with van der Waals surface area (Å²) in [6.07, 6.45) is 3.22. The van der Waals surface area contributed by atoms with Gasteiger partial charge in [-0.15, -0.1) is 0 Å². The highest BCUT2D eigenvalue weighted by atomic mass is 16.5. The molecule has 0 N–H and O–H groups in total. The van der Waals surface area contributed by atoms with Crippen molar-refractivity contribution in [2.45, 2.75) is 12.8 Å². The molecule has 0 saturated heterocycles. The average Bonchev–Trinajstić information content (AvgIpc) is 3.28. The van der Waals surface area contributed by atoms with Crippen LogP contribution in [-0.4, -0.2) is 52.1 Å². The van der Waals surface area contributed by atoms with Crippen LogP contribution >= 0.6 is 0 Å². The number of carbonyl (C=O) groups is 1. The van der Waals surface area contributed by atoms with E-state index in [9.17, 15) is 4.79 Å². The van der Waals surface area contributed by atoms with E-state index in [1.807, 2.05) is 19.0 Å². The second-order valence-corrected chi connectivity index (χ2v) is 5.54. The van der Waals surface area contributed by atoms with Crippen molar-refractivity contribution in [1.29, 1.82) is 0 Å². The molecule has 1 aromatic rings. The van der Waals surface area contributed by atoms with Gasteiger partial charge in [0, 0.05) is 6.54 Å². The SMILES string of the molecule is COc1c(OCC2CC2)ccc(C=O)c1OCCN(C)C. The summed E-state index contributed by atoms with van der Waals surface area (Å²) in [5.74, 6) is 2.25. The van der Waals surface area contributed by atoms with Gasteiger partial charge in [-0.2, -0.15) is 0 Å². The van der Waals surface area contributed by atoms with Crippen molar-refractivity contribution in [3.8, 4) is 17.2 Å². The highest BCUT2D eigenvalue weighted by Gasteiger charge is 2.24. The molecule has 116 valence electrons. The molecule has 0 atom stereocenters. The molecular formula is C16H23NO4. The molecule has 1 saturated carbocycles. The molecule has 0 aliphatic heterocycles. The van der Waals surface area contributed by atoms with Crippen LogP contribution in [0.2, 0.25) is 0 Å². The van der Waals surface area contributed by atoms with Crippen molar-refractivity contribution in [1.82, 2.24) is 4.90 Å². The third-order valence-electron chi connectivity index (χ3n) is 3.39. The average molecular weight is 293 g/mol. The number of hydrogen-bond donors (Lipinski definition) is 0. The van der Waals surface area contributed by atoms with Crippen molar-refractivity contribution in [2.75, 3.05) is 41.0 Å². The van der Waals surface area contributed by atoms with Gasteiger partial charge >= 0.3 is 0 Å². The van der Waals surface area contributed by atoms with Crippen LogP contribution in [-0.2, 0) is 0 Å². The van der Waals surface area contributed by atoms with Gasteiger partial charge in [0.15, 0.2) is 17.8 Å². The second-order valence-electron chi connectivity index (χ2n) is 5.54. The summed E-state index contributed by atoms with van der Waals surface area (Å²) < 4.78 is 16.9. The monoisotopic (exact) mass is 293 g/mol. The Morgan fingerprint density at radius 2 is 2.00 bits per heavy atom. The standard InChI is InChI=1S/C16H23NO4/c1-17(2)8-9-20-15-13(10-18)6-7-14(16(15)19-3)21-11-12-4-5-12/h6-7,10,12H,4-5,8-9,11H2,1-3H3. The maximum atomic E-state index is 11.2. The fourth-order valence-electron chi connectivity index (χ4n) is 1.93. The normalized spacial score (nSPS) is 14.1. The fraction of sp³-hybridized carbons (Fsp3) is 0.562. The van der Waals surface area contributed by atoms with Crippen LogP contribution in [0.15, 0.2) is 12.1 Å². The summed E-state index contributed by atoms with van der Waals surface area (Å²) in [7, 11) is 5.50. The van der Waals surface area contributed by atoms with Crippen molar-refractivity contribution < 1.29 is 19.0 Å². The summed E-state index contributed by atoms with van der Waals surface area (Å²) in [5.41, 5.74) is 0.476. The van der Waals surface area contributed by atoms with Crippen LogP contribution in [0.1, 0.15) is 23.2 Å². The summed E-state index contributed by atoms with van der Waals surface area (Å²) in [6, 6.07) is 3.48. The predicted octanol–water partition coefficient (Wildman–Crippen LogP) is 2.24. The van der Waals surface area contributed by atoms with Gasteiger partial charge in [0.05, 0.1) is 19.3 Å². The van der Waals surface area contributed by atoms with E-state index in [0.717, 1.165) is 12.8 Å². The highest BCUT2D eigenvalue weighted by Crippen LogP contribution is 2.40. The van der Waals surface area contributed by atoms with Crippen LogP contribution in [0.3, 0.4) is 0 Å². The molecule has 0 amide bonds. The van der Waals surface area contributed by atoms with Crippen molar-refractivity contribution in [3.63, 3.8) is 0 Å². The smallest absolute Gasteiger partial charge is 0.204 e. The van der Waals surface area contributed by atoms with Gasteiger partial charge in [-0.25, -0.2) is 0 Å². The second kappa shape index (κ2) is 7.31. The first kappa shape index (κ1) is 15.6. The number of likely N-dealkylation sites (N-methyl/N-ethyl adjacent to an activating group) is 1. The van der Waals surface area contributed by atoms with Gasteiger partial charge in [0.1, 0.15) is 6.61 Å². The van der Waals surface area contributed by atoms with Crippen molar-refractivity contribution in [2.24, 2.45) is 5.92 Å². The first-order valence-corrected chi connectivity index (χ1v) is 7.22. The molecule has 1 fully saturated rings. The number of rotatable bonds is 9. The highest BCUT2D eigenvalue weighted by molar-refractivity contribution is 5.82. The largest absolute Gasteiger partial charge is 0.490 e. The van der Waals surface area contributed by atoms with E-state index in [2.05, 4.69) is 0 Å². The Morgan fingerprint density at radius 3 is 2.57 bits per heavy atom. The number of nitrogens with zero attached hydrogens (tertiary/aromatic N) is 1. The molecular weight excluding hydrogens is 270 g/mol. The van der Waals surface area contributed by atoms with Gasteiger partial charge in [0.2, 0.25) is 5.75 Å². The fourth-order valence-corrected chi connectivity index (χ4v) is 1.93.